The Morgan fingerprint density at radius 3 is 2.41 bits per heavy atom. The van der Waals surface area contributed by atoms with Crippen LogP contribution < -0.4 is 0 Å². The molecule has 1 rings (SSSR count). The topological polar surface area (TPSA) is 66.8 Å². The Hall–Kier alpha value is -1.97. The normalized spacial score (nSPS) is 11.0. The van der Waals surface area contributed by atoms with Gasteiger partial charge in [-0.25, -0.2) is 4.79 Å². The molecule has 0 saturated carbocycles. The molecule has 0 unspecified atom stereocenters. The van der Waals surface area contributed by atoms with E-state index in [1.165, 1.54) is 50.3 Å². The van der Waals surface area contributed by atoms with Gasteiger partial charge in [-0.3, -0.25) is 0 Å². The zero-order valence-corrected chi connectivity index (χ0v) is 13.3. The molecule has 0 bridgehead atoms. The molecule has 2 N–H and O–H groups in total. The van der Waals surface area contributed by atoms with Crippen LogP contribution in [0.3, 0.4) is 0 Å². The van der Waals surface area contributed by atoms with Crippen LogP contribution in [0.1, 0.15) is 57.4 Å². The summed E-state index contributed by atoms with van der Waals surface area (Å²) >= 11 is 0. The summed E-state index contributed by atoms with van der Waals surface area (Å²) in [5.41, 5.74) is 0.628. The van der Waals surface area contributed by atoms with E-state index in [-0.39, 0.29) is 11.5 Å². The van der Waals surface area contributed by atoms with E-state index in [4.69, 9.17) is 4.74 Å². The highest BCUT2D eigenvalue weighted by atomic mass is 16.5. The number of carbonyl (C=O) groups excluding carboxylic acids is 1. The van der Waals surface area contributed by atoms with E-state index < -0.39 is 5.97 Å². The number of ether oxygens (including phenoxy) is 1. The Morgan fingerprint density at radius 2 is 1.73 bits per heavy atom. The molecule has 0 saturated heterocycles. The fourth-order valence-corrected chi connectivity index (χ4v) is 2.09. The minimum absolute atomic E-state index is 0.182. The molecular weight excluding hydrogens is 280 g/mol. The first-order chi connectivity index (χ1) is 10.6. The molecule has 4 nitrogen and oxygen atoms in total. The van der Waals surface area contributed by atoms with Crippen LogP contribution in [0.15, 0.2) is 24.3 Å². The van der Waals surface area contributed by atoms with E-state index in [9.17, 15) is 15.0 Å². The second-order valence-corrected chi connectivity index (χ2v) is 5.37. The number of carbonyl (C=O) groups is 1. The third-order valence-electron chi connectivity index (χ3n) is 3.40. The van der Waals surface area contributed by atoms with Crippen molar-refractivity contribution in [2.75, 3.05) is 6.61 Å². The van der Waals surface area contributed by atoms with E-state index in [0.29, 0.717) is 12.2 Å². The Bertz CT molecular complexity index is 480. The van der Waals surface area contributed by atoms with Crippen LogP contribution in [-0.4, -0.2) is 22.8 Å². The van der Waals surface area contributed by atoms with Crippen molar-refractivity contribution in [3.05, 3.63) is 29.8 Å². The van der Waals surface area contributed by atoms with E-state index in [0.717, 1.165) is 12.8 Å². The zero-order chi connectivity index (χ0) is 16.2. The maximum absolute atomic E-state index is 11.5. The number of aromatic hydroxyl groups is 2. The lowest BCUT2D eigenvalue weighted by Gasteiger charge is -2.02. The maximum atomic E-state index is 11.5. The monoisotopic (exact) mass is 306 g/mol. The van der Waals surface area contributed by atoms with Gasteiger partial charge in [0.15, 0.2) is 11.5 Å². The first kappa shape index (κ1) is 18.1. The predicted molar refractivity (Wildman–Crippen MR) is 87.8 cm³/mol. The second-order valence-electron chi connectivity index (χ2n) is 5.37. The number of benzene rings is 1. The van der Waals surface area contributed by atoms with Crippen LogP contribution in [0, 0.1) is 0 Å². The number of unbranched alkanes of at least 4 members (excludes halogenated alkanes) is 6. The molecular formula is C18H26O4. The van der Waals surface area contributed by atoms with Crippen molar-refractivity contribution in [3.8, 4) is 11.5 Å². The van der Waals surface area contributed by atoms with E-state index in [1.54, 1.807) is 12.1 Å². The van der Waals surface area contributed by atoms with Gasteiger partial charge in [-0.2, -0.15) is 0 Å². The van der Waals surface area contributed by atoms with Crippen LogP contribution in [0.5, 0.6) is 11.5 Å². The quantitative estimate of drug-likeness (QED) is 0.291. The number of hydrogen-bond acceptors (Lipinski definition) is 4. The molecule has 0 aliphatic carbocycles. The van der Waals surface area contributed by atoms with Crippen LogP contribution in [0.2, 0.25) is 0 Å². The highest BCUT2D eigenvalue weighted by Crippen LogP contribution is 2.25. The molecule has 0 aliphatic heterocycles. The first-order valence-electron chi connectivity index (χ1n) is 8.00. The predicted octanol–water partition coefficient (Wildman–Crippen LogP) is 4.40. The molecule has 1 aromatic rings. The highest BCUT2D eigenvalue weighted by molar-refractivity contribution is 5.87. The molecule has 1 aromatic carbocycles. The molecule has 0 spiro atoms. The summed E-state index contributed by atoms with van der Waals surface area (Å²) < 4.78 is 5.11. The van der Waals surface area contributed by atoms with Gasteiger partial charge in [-0.15, -0.1) is 0 Å². The van der Waals surface area contributed by atoms with Gasteiger partial charge in [0.2, 0.25) is 0 Å². The van der Waals surface area contributed by atoms with Gasteiger partial charge in [-0.1, -0.05) is 51.5 Å². The zero-order valence-electron chi connectivity index (χ0n) is 13.3. The van der Waals surface area contributed by atoms with Gasteiger partial charge >= 0.3 is 5.97 Å². The number of esters is 1. The third kappa shape index (κ3) is 7.72. The van der Waals surface area contributed by atoms with Gasteiger partial charge in [0.1, 0.15) is 0 Å². The average Bonchev–Trinajstić information content (AvgIpc) is 2.51. The lowest BCUT2D eigenvalue weighted by Crippen LogP contribution is -2.02. The van der Waals surface area contributed by atoms with Crippen molar-refractivity contribution >= 4 is 12.0 Å². The summed E-state index contributed by atoms with van der Waals surface area (Å²) in [4.78, 5) is 11.5. The molecule has 0 aromatic heterocycles. The van der Waals surface area contributed by atoms with Crippen LogP contribution in [-0.2, 0) is 9.53 Å². The number of phenolic OH excluding ortho intramolecular Hbond substituents is 2. The molecule has 0 atom stereocenters. The smallest absolute Gasteiger partial charge is 0.330 e. The number of rotatable bonds is 10. The summed E-state index contributed by atoms with van der Waals surface area (Å²) in [5.74, 6) is -0.782. The average molecular weight is 306 g/mol. The van der Waals surface area contributed by atoms with Gasteiger partial charge in [0.05, 0.1) is 6.61 Å². The molecule has 4 heteroatoms. The van der Waals surface area contributed by atoms with Crippen molar-refractivity contribution in [1.29, 1.82) is 0 Å². The summed E-state index contributed by atoms with van der Waals surface area (Å²) in [6, 6.07) is 4.36. The summed E-state index contributed by atoms with van der Waals surface area (Å²) in [5, 5.41) is 18.5. The maximum Gasteiger partial charge on any atom is 0.330 e. The molecule has 122 valence electrons. The fourth-order valence-electron chi connectivity index (χ4n) is 2.09. The van der Waals surface area contributed by atoms with Gasteiger partial charge in [-0.05, 0) is 30.2 Å². The van der Waals surface area contributed by atoms with Crippen molar-refractivity contribution < 1.29 is 19.7 Å². The van der Waals surface area contributed by atoms with E-state index in [1.807, 2.05) is 0 Å². The summed E-state index contributed by atoms with van der Waals surface area (Å²) in [7, 11) is 0. The van der Waals surface area contributed by atoms with Crippen LogP contribution in [0.25, 0.3) is 6.08 Å². The molecule has 0 fully saturated rings. The molecule has 0 radical (unpaired) electrons. The molecule has 0 aliphatic rings. The Kier molecular flexibility index (Phi) is 8.80. The Labute approximate surface area is 132 Å². The van der Waals surface area contributed by atoms with Gasteiger partial charge in [0, 0.05) is 6.08 Å². The lowest BCUT2D eigenvalue weighted by molar-refractivity contribution is -0.137. The van der Waals surface area contributed by atoms with E-state index >= 15 is 0 Å². The third-order valence-corrected chi connectivity index (χ3v) is 3.40. The van der Waals surface area contributed by atoms with Crippen molar-refractivity contribution in [3.63, 3.8) is 0 Å². The van der Waals surface area contributed by atoms with Crippen molar-refractivity contribution in [2.45, 2.75) is 51.9 Å². The van der Waals surface area contributed by atoms with Gasteiger partial charge in [0.25, 0.3) is 0 Å². The second kappa shape index (κ2) is 10.7. The Balaban J connectivity index is 2.15. The number of phenols is 2. The van der Waals surface area contributed by atoms with Crippen LogP contribution in [0.4, 0.5) is 0 Å². The minimum Gasteiger partial charge on any atom is -0.504 e. The number of hydrogen-bond donors (Lipinski definition) is 2. The highest BCUT2D eigenvalue weighted by Gasteiger charge is 2.00. The lowest BCUT2D eigenvalue weighted by atomic mass is 10.1. The molecule has 0 heterocycles. The SMILES string of the molecule is CCCCCCCCCOC(=O)/C=C/c1ccc(O)c(O)c1. The van der Waals surface area contributed by atoms with Gasteiger partial charge < -0.3 is 14.9 Å². The molecule has 22 heavy (non-hydrogen) atoms. The Morgan fingerprint density at radius 1 is 1.05 bits per heavy atom. The summed E-state index contributed by atoms with van der Waals surface area (Å²) in [6.45, 7) is 2.64. The first-order valence-corrected chi connectivity index (χ1v) is 8.00. The van der Waals surface area contributed by atoms with Crippen molar-refractivity contribution in [2.24, 2.45) is 0 Å². The largest absolute Gasteiger partial charge is 0.504 e. The van der Waals surface area contributed by atoms with Crippen LogP contribution >= 0.6 is 0 Å². The van der Waals surface area contributed by atoms with Crippen molar-refractivity contribution in [1.82, 2.24) is 0 Å². The standard InChI is InChI=1S/C18H26O4/c1-2-3-4-5-6-7-8-13-22-18(21)12-10-15-9-11-16(19)17(20)14-15/h9-12,14,19-20H,2-8,13H2,1H3/b12-10+. The minimum atomic E-state index is -0.390. The fraction of sp³-hybridized carbons (Fsp3) is 0.500. The molecule has 0 amide bonds. The summed E-state index contributed by atoms with van der Waals surface area (Å²) in [6.07, 6.45) is 11.2. The van der Waals surface area contributed by atoms with E-state index in [2.05, 4.69) is 6.92 Å².